The number of hydrogen-bond acceptors (Lipinski definition) is 6. The number of imidazole rings is 1. The van der Waals surface area contributed by atoms with E-state index in [9.17, 15) is 4.79 Å². The van der Waals surface area contributed by atoms with Crippen molar-refractivity contribution in [2.24, 2.45) is 0 Å². The van der Waals surface area contributed by atoms with Crippen LogP contribution >= 0.6 is 0 Å². The molecule has 8 nitrogen and oxygen atoms in total. The molecule has 8 heteroatoms. The van der Waals surface area contributed by atoms with Crippen LogP contribution in [0.15, 0.2) is 35.1 Å². The lowest BCUT2D eigenvalue weighted by atomic mass is 9.97. The highest BCUT2D eigenvalue weighted by Crippen LogP contribution is 2.28. The second-order valence-electron chi connectivity index (χ2n) is 6.12. The average molecular weight is 341 g/mol. The highest BCUT2D eigenvalue weighted by Gasteiger charge is 2.30. The SMILES string of the molecule is COCCN1C[C@H](c2nc(-c3cn4ccccc4n3)no2)CCC1=O. The quantitative estimate of drug-likeness (QED) is 0.703. The molecule has 0 radical (unpaired) electrons. The van der Waals surface area contributed by atoms with E-state index in [2.05, 4.69) is 15.1 Å². The van der Waals surface area contributed by atoms with E-state index in [0.29, 0.717) is 43.5 Å². The van der Waals surface area contributed by atoms with Crippen LogP contribution in [-0.4, -0.2) is 57.1 Å². The summed E-state index contributed by atoms with van der Waals surface area (Å²) in [6.45, 7) is 1.68. The average Bonchev–Trinajstić information content (AvgIpc) is 3.27. The first kappa shape index (κ1) is 15.8. The number of nitrogens with zero attached hydrogens (tertiary/aromatic N) is 5. The number of carbonyl (C=O) groups is 1. The van der Waals surface area contributed by atoms with Crippen LogP contribution in [-0.2, 0) is 9.53 Å². The zero-order chi connectivity index (χ0) is 17.2. The van der Waals surface area contributed by atoms with Crippen LogP contribution in [0.25, 0.3) is 17.2 Å². The molecule has 0 saturated carbocycles. The molecule has 1 saturated heterocycles. The van der Waals surface area contributed by atoms with Gasteiger partial charge < -0.3 is 18.6 Å². The topological polar surface area (TPSA) is 85.8 Å². The smallest absolute Gasteiger partial charge is 0.231 e. The zero-order valence-electron chi connectivity index (χ0n) is 14.0. The maximum Gasteiger partial charge on any atom is 0.231 e. The molecule has 1 aliphatic rings. The molecule has 0 unspecified atom stereocenters. The third-order valence-electron chi connectivity index (χ3n) is 4.45. The Bertz CT molecular complexity index is 854. The van der Waals surface area contributed by atoms with Crippen molar-refractivity contribution in [2.45, 2.75) is 18.8 Å². The maximum atomic E-state index is 12.0. The first-order valence-corrected chi connectivity index (χ1v) is 8.29. The van der Waals surface area contributed by atoms with Gasteiger partial charge in [0.1, 0.15) is 11.3 Å². The van der Waals surface area contributed by atoms with Gasteiger partial charge in [0.2, 0.25) is 17.6 Å². The largest absolute Gasteiger partial charge is 0.383 e. The number of amides is 1. The Hall–Kier alpha value is -2.74. The third-order valence-corrected chi connectivity index (χ3v) is 4.45. The van der Waals surface area contributed by atoms with Crippen LogP contribution in [0.1, 0.15) is 24.7 Å². The van der Waals surface area contributed by atoms with Gasteiger partial charge in [0, 0.05) is 39.0 Å². The first-order valence-electron chi connectivity index (χ1n) is 8.29. The van der Waals surface area contributed by atoms with Crippen molar-refractivity contribution in [3.63, 3.8) is 0 Å². The highest BCUT2D eigenvalue weighted by molar-refractivity contribution is 5.77. The lowest BCUT2D eigenvalue weighted by Gasteiger charge is -2.30. The fourth-order valence-electron chi connectivity index (χ4n) is 3.08. The van der Waals surface area contributed by atoms with Gasteiger partial charge >= 0.3 is 0 Å². The van der Waals surface area contributed by atoms with E-state index in [4.69, 9.17) is 9.26 Å². The first-order chi connectivity index (χ1) is 12.2. The van der Waals surface area contributed by atoms with Crippen LogP contribution in [0.5, 0.6) is 0 Å². The summed E-state index contributed by atoms with van der Waals surface area (Å²) in [7, 11) is 1.63. The van der Waals surface area contributed by atoms with Crippen LogP contribution in [0, 0.1) is 0 Å². The summed E-state index contributed by atoms with van der Waals surface area (Å²) in [4.78, 5) is 22.8. The minimum absolute atomic E-state index is 0.0489. The van der Waals surface area contributed by atoms with Crippen molar-refractivity contribution in [1.29, 1.82) is 0 Å². The van der Waals surface area contributed by atoms with Gasteiger partial charge in [-0.25, -0.2) is 4.98 Å². The number of piperidine rings is 1. The standard InChI is InChI=1S/C17H19N5O3/c1-24-9-8-22-10-12(5-6-15(22)23)17-19-16(20-25-17)13-11-21-7-3-2-4-14(21)18-13/h2-4,7,11-12H,5-6,8-10H2,1H3/t12-/m1/s1. The summed E-state index contributed by atoms with van der Waals surface area (Å²) < 4.78 is 12.4. The van der Waals surface area contributed by atoms with E-state index >= 15 is 0 Å². The van der Waals surface area contributed by atoms with Crippen LogP contribution < -0.4 is 0 Å². The predicted octanol–water partition coefficient (Wildman–Crippen LogP) is 1.74. The van der Waals surface area contributed by atoms with Gasteiger partial charge in [-0.1, -0.05) is 11.2 Å². The Kier molecular flexibility index (Phi) is 4.19. The third kappa shape index (κ3) is 3.12. The molecule has 1 atom stereocenters. The molecule has 0 aromatic carbocycles. The Morgan fingerprint density at radius 1 is 1.36 bits per heavy atom. The maximum absolute atomic E-state index is 12.0. The zero-order valence-corrected chi connectivity index (χ0v) is 14.0. The van der Waals surface area contributed by atoms with Crippen molar-refractivity contribution in [2.75, 3.05) is 26.8 Å². The minimum atomic E-state index is 0.0489. The summed E-state index contributed by atoms with van der Waals surface area (Å²) in [5.74, 6) is 1.22. The monoisotopic (exact) mass is 341 g/mol. The molecule has 0 aliphatic carbocycles. The second-order valence-corrected chi connectivity index (χ2v) is 6.12. The second kappa shape index (κ2) is 6.64. The lowest BCUT2D eigenvalue weighted by Crippen LogP contribution is -2.41. The summed E-state index contributed by atoms with van der Waals surface area (Å²) in [6, 6.07) is 5.79. The molecule has 3 aromatic rings. The van der Waals surface area contributed by atoms with E-state index in [-0.39, 0.29) is 11.8 Å². The number of hydrogen-bond donors (Lipinski definition) is 0. The van der Waals surface area contributed by atoms with Crippen LogP contribution in [0.4, 0.5) is 0 Å². The van der Waals surface area contributed by atoms with Crippen molar-refractivity contribution >= 4 is 11.6 Å². The van der Waals surface area contributed by atoms with Gasteiger partial charge in [-0.15, -0.1) is 0 Å². The molecule has 130 valence electrons. The van der Waals surface area contributed by atoms with Crippen LogP contribution in [0.3, 0.4) is 0 Å². The lowest BCUT2D eigenvalue weighted by molar-refractivity contribution is -0.134. The number of fused-ring (bicyclic) bond motifs is 1. The fourth-order valence-corrected chi connectivity index (χ4v) is 3.08. The normalized spacial score (nSPS) is 18.2. The van der Waals surface area contributed by atoms with Crippen molar-refractivity contribution in [3.8, 4) is 11.5 Å². The van der Waals surface area contributed by atoms with Crippen molar-refractivity contribution in [1.82, 2.24) is 24.4 Å². The van der Waals surface area contributed by atoms with Crippen molar-refractivity contribution < 1.29 is 14.1 Å². The molecule has 0 N–H and O–H groups in total. The summed E-state index contributed by atoms with van der Waals surface area (Å²) in [5.41, 5.74) is 1.50. The molecule has 1 amide bonds. The molecule has 4 rings (SSSR count). The number of rotatable bonds is 5. The number of likely N-dealkylation sites (tertiary alicyclic amines) is 1. The van der Waals surface area contributed by atoms with Crippen molar-refractivity contribution in [3.05, 3.63) is 36.5 Å². The predicted molar refractivity (Wildman–Crippen MR) is 88.9 cm³/mol. The van der Waals surface area contributed by atoms with E-state index in [0.717, 1.165) is 12.1 Å². The summed E-state index contributed by atoms with van der Waals surface area (Å²) in [6.07, 6.45) is 5.00. The molecule has 1 fully saturated rings. The minimum Gasteiger partial charge on any atom is -0.383 e. The van der Waals surface area contributed by atoms with Gasteiger partial charge in [0.15, 0.2) is 0 Å². The van der Waals surface area contributed by atoms with Gasteiger partial charge in [0.25, 0.3) is 0 Å². The van der Waals surface area contributed by atoms with E-state index in [1.54, 1.807) is 12.0 Å². The van der Waals surface area contributed by atoms with E-state index < -0.39 is 0 Å². The summed E-state index contributed by atoms with van der Waals surface area (Å²) >= 11 is 0. The Morgan fingerprint density at radius 3 is 3.12 bits per heavy atom. The number of carbonyl (C=O) groups excluding carboxylic acids is 1. The number of aromatic nitrogens is 4. The molecular formula is C17H19N5O3. The molecule has 4 heterocycles. The number of pyridine rings is 1. The number of methoxy groups -OCH3 is 1. The molecule has 0 bridgehead atoms. The van der Waals surface area contributed by atoms with Gasteiger partial charge in [-0.05, 0) is 18.6 Å². The highest BCUT2D eigenvalue weighted by atomic mass is 16.5. The van der Waals surface area contributed by atoms with Gasteiger partial charge in [0.05, 0.1) is 12.5 Å². The molecule has 1 aliphatic heterocycles. The molecule has 0 spiro atoms. The fraction of sp³-hybridized carbons (Fsp3) is 0.412. The Labute approximate surface area is 144 Å². The molecule has 25 heavy (non-hydrogen) atoms. The van der Waals surface area contributed by atoms with E-state index in [1.807, 2.05) is 35.0 Å². The summed E-state index contributed by atoms with van der Waals surface area (Å²) in [5, 5.41) is 4.07. The number of ether oxygens (including phenoxy) is 1. The molecular weight excluding hydrogens is 322 g/mol. The van der Waals surface area contributed by atoms with Gasteiger partial charge in [-0.3, -0.25) is 4.79 Å². The Balaban J connectivity index is 1.53. The van der Waals surface area contributed by atoms with E-state index in [1.165, 1.54) is 0 Å². The Morgan fingerprint density at radius 2 is 2.28 bits per heavy atom. The van der Waals surface area contributed by atoms with Gasteiger partial charge in [-0.2, -0.15) is 4.98 Å². The molecule has 3 aromatic heterocycles. The van der Waals surface area contributed by atoms with Crippen LogP contribution in [0.2, 0.25) is 0 Å².